The van der Waals surface area contributed by atoms with Gasteiger partial charge in [-0.2, -0.15) is 0 Å². The second-order valence-corrected chi connectivity index (χ2v) is 8.55. The number of hydrogen-bond acceptors (Lipinski definition) is 4. The van der Waals surface area contributed by atoms with Crippen molar-refractivity contribution in [3.05, 3.63) is 21.9 Å². The van der Waals surface area contributed by atoms with Crippen LogP contribution in [0, 0.1) is 11.3 Å². The number of rotatable bonds is 4. The Morgan fingerprint density at radius 2 is 2.35 bits per heavy atom. The molecule has 126 valence electrons. The molecule has 0 bridgehead atoms. The molecule has 4 nitrogen and oxygen atoms in total. The summed E-state index contributed by atoms with van der Waals surface area (Å²) in [5.74, 6) is 0.577. The molecule has 2 unspecified atom stereocenters. The topological polar surface area (TPSA) is 44.4 Å². The van der Waals surface area contributed by atoms with Crippen LogP contribution >= 0.6 is 11.3 Å². The maximum absolute atomic E-state index is 12.5. The van der Waals surface area contributed by atoms with E-state index in [2.05, 4.69) is 33.9 Å². The second-order valence-electron chi connectivity index (χ2n) is 7.55. The van der Waals surface area contributed by atoms with Gasteiger partial charge in [0.15, 0.2) is 0 Å². The number of nitrogens with one attached hydrogen (secondary N) is 2. The normalized spacial score (nSPS) is 27.4. The molecule has 1 aliphatic carbocycles. The lowest BCUT2D eigenvalue weighted by Gasteiger charge is -2.32. The van der Waals surface area contributed by atoms with E-state index in [1.807, 2.05) is 11.3 Å². The minimum Gasteiger partial charge on any atom is -0.354 e. The lowest BCUT2D eigenvalue weighted by atomic mass is 9.92. The quantitative estimate of drug-likeness (QED) is 0.886. The molecule has 2 fully saturated rings. The van der Waals surface area contributed by atoms with E-state index in [9.17, 15) is 4.79 Å². The van der Waals surface area contributed by atoms with Crippen LogP contribution in [-0.2, 0) is 17.8 Å². The van der Waals surface area contributed by atoms with Crippen LogP contribution in [0.4, 0.5) is 0 Å². The molecule has 1 saturated carbocycles. The number of piperidine rings is 1. The third-order valence-electron chi connectivity index (χ3n) is 6.14. The van der Waals surface area contributed by atoms with E-state index in [0.29, 0.717) is 17.4 Å². The van der Waals surface area contributed by atoms with Gasteiger partial charge in [-0.1, -0.05) is 0 Å². The summed E-state index contributed by atoms with van der Waals surface area (Å²) in [6, 6.07) is 2.66. The molecule has 2 aliphatic heterocycles. The Bertz CT molecular complexity index is 579. The maximum Gasteiger partial charge on any atom is 0.223 e. The van der Waals surface area contributed by atoms with Crippen LogP contribution < -0.4 is 10.6 Å². The van der Waals surface area contributed by atoms with Crippen LogP contribution in [0.2, 0.25) is 0 Å². The minimum atomic E-state index is 0.279. The summed E-state index contributed by atoms with van der Waals surface area (Å²) in [7, 11) is 0. The number of fused-ring (bicyclic) bond motifs is 1. The first kappa shape index (κ1) is 15.6. The zero-order valence-electron chi connectivity index (χ0n) is 13.9. The van der Waals surface area contributed by atoms with Crippen molar-refractivity contribution in [1.29, 1.82) is 0 Å². The van der Waals surface area contributed by atoms with Gasteiger partial charge in [0.1, 0.15) is 0 Å². The summed E-state index contributed by atoms with van der Waals surface area (Å²) < 4.78 is 0. The first-order valence-corrected chi connectivity index (χ1v) is 9.84. The molecule has 23 heavy (non-hydrogen) atoms. The number of amides is 1. The highest BCUT2D eigenvalue weighted by molar-refractivity contribution is 7.10. The first-order chi connectivity index (χ1) is 11.2. The largest absolute Gasteiger partial charge is 0.354 e. The fourth-order valence-corrected chi connectivity index (χ4v) is 5.23. The highest BCUT2D eigenvalue weighted by Crippen LogP contribution is 2.58. The summed E-state index contributed by atoms with van der Waals surface area (Å²) in [5.41, 5.74) is 1.82. The third-order valence-corrected chi connectivity index (χ3v) is 7.16. The van der Waals surface area contributed by atoms with Gasteiger partial charge in [0.25, 0.3) is 0 Å². The predicted molar refractivity (Wildman–Crippen MR) is 93.5 cm³/mol. The van der Waals surface area contributed by atoms with E-state index in [1.54, 1.807) is 4.88 Å². The van der Waals surface area contributed by atoms with Crippen LogP contribution in [0.3, 0.4) is 0 Å². The highest BCUT2D eigenvalue weighted by atomic mass is 32.1. The van der Waals surface area contributed by atoms with Gasteiger partial charge < -0.3 is 10.6 Å². The summed E-state index contributed by atoms with van der Waals surface area (Å²) in [4.78, 5) is 16.5. The number of hydrogen-bond donors (Lipinski definition) is 2. The molecule has 4 rings (SSSR count). The Hall–Kier alpha value is -0.910. The molecule has 1 aromatic rings. The van der Waals surface area contributed by atoms with E-state index in [0.717, 1.165) is 45.6 Å². The average molecular weight is 334 g/mol. The van der Waals surface area contributed by atoms with Gasteiger partial charge in [-0.3, -0.25) is 9.69 Å². The van der Waals surface area contributed by atoms with Gasteiger partial charge >= 0.3 is 0 Å². The van der Waals surface area contributed by atoms with Crippen molar-refractivity contribution in [2.24, 2.45) is 11.3 Å². The molecule has 1 saturated heterocycles. The van der Waals surface area contributed by atoms with Crippen LogP contribution in [0.5, 0.6) is 0 Å². The van der Waals surface area contributed by atoms with Crippen molar-refractivity contribution in [3.63, 3.8) is 0 Å². The van der Waals surface area contributed by atoms with Crippen LogP contribution in [-0.4, -0.2) is 43.0 Å². The molecule has 2 atom stereocenters. The van der Waals surface area contributed by atoms with Crippen molar-refractivity contribution in [2.75, 3.05) is 26.2 Å². The first-order valence-electron chi connectivity index (χ1n) is 8.96. The van der Waals surface area contributed by atoms with Gasteiger partial charge in [0.05, 0.1) is 0 Å². The summed E-state index contributed by atoms with van der Waals surface area (Å²) in [5, 5.41) is 8.83. The lowest BCUT2D eigenvalue weighted by molar-refractivity contribution is -0.123. The zero-order valence-corrected chi connectivity index (χ0v) is 14.8. The Kier molecular flexibility index (Phi) is 4.20. The molecule has 1 spiro atoms. The SMILES string of the molecule is CC(CNC(=O)C1CC12CCNCC2)N1CCc2sccc2C1. The monoisotopic (exact) mass is 333 g/mol. The van der Waals surface area contributed by atoms with E-state index < -0.39 is 0 Å². The average Bonchev–Trinajstić information content (AvgIpc) is 3.06. The highest BCUT2D eigenvalue weighted by Gasteiger charge is 2.57. The molecule has 1 amide bonds. The molecular weight excluding hydrogens is 306 g/mol. The summed E-state index contributed by atoms with van der Waals surface area (Å²) in [6.07, 6.45) is 4.61. The molecule has 5 heteroatoms. The summed E-state index contributed by atoms with van der Waals surface area (Å²) in [6.45, 7) is 7.33. The minimum absolute atomic E-state index is 0.279. The van der Waals surface area contributed by atoms with E-state index >= 15 is 0 Å². The van der Waals surface area contributed by atoms with Crippen molar-refractivity contribution in [1.82, 2.24) is 15.5 Å². The van der Waals surface area contributed by atoms with Crippen molar-refractivity contribution >= 4 is 17.2 Å². The van der Waals surface area contributed by atoms with Crippen molar-refractivity contribution in [2.45, 2.75) is 45.2 Å². The van der Waals surface area contributed by atoms with Gasteiger partial charge in [0, 0.05) is 36.5 Å². The third kappa shape index (κ3) is 3.06. The molecule has 3 heterocycles. The van der Waals surface area contributed by atoms with E-state index in [1.165, 1.54) is 18.4 Å². The van der Waals surface area contributed by atoms with E-state index in [4.69, 9.17) is 0 Å². The Morgan fingerprint density at radius 3 is 3.17 bits per heavy atom. The lowest BCUT2D eigenvalue weighted by Crippen LogP contribution is -2.44. The number of carbonyl (C=O) groups is 1. The van der Waals surface area contributed by atoms with Crippen LogP contribution in [0.15, 0.2) is 11.4 Å². The molecular formula is C18H27N3OS. The maximum atomic E-state index is 12.5. The number of carbonyl (C=O) groups excluding carboxylic acids is 1. The fraction of sp³-hybridized carbons (Fsp3) is 0.722. The molecule has 0 radical (unpaired) electrons. The number of thiophene rings is 1. The van der Waals surface area contributed by atoms with Gasteiger partial charge in [-0.05, 0) is 68.1 Å². The molecule has 2 N–H and O–H groups in total. The van der Waals surface area contributed by atoms with Gasteiger partial charge in [-0.15, -0.1) is 11.3 Å². The molecule has 0 aromatic carbocycles. The Balaban J connectivity index is 1.26. The van der Waals surface area contributed by atoms with Gasteiger partial charge in [0.2, 0.25) is 5.91 Å². The summed E-state index contributed by atoms with van der Waals surface area (Å²) >= 11 is 1.88. The predicted octanol–water partition coefficient (Wildman–Crippen LogP) is 2.00. The number of nitrogens with zero attached hydrogens (tertiary/aromatic N) is 1. The van der Waals surface area contributed by atoms with Crippen LogP contribution in [0.25, 0.3) is 0 Å². The molecule has 1 aromatic heterocycles. The van der Waals surface area contributed by atoms with Gasteiger partial charge in [-0.25, -0.2) is 0 Å². The fourth-order valence-electron chi connectivity index (χ4n) is 4.34. The second kappa shape index (κ2) is 6.19. The standard InChI is InChI=1S/C18H27N3OS/c1-13(21-8-2-16-14(12-21)3-9-23-16)11-20-17(22)15-10-18(15)4-6-19-7-5-18/h3,9,13,15,19H,2,4-8,10-12H2,1H3,(H,20,22). The van der Waals surface area contributed by atoms with Crippen molar-refractivity contribution in [3.8, 4) is 0 Å². The Labute approximate surface area is 142 Å². The zero-order chi connectivity index (χ0) is 15.9. The van der Waals surface area contributed by atoms with Crippen LogP contribution in [0.1, 0.15) is 36.6 Å². The van der Waals surface area contributed by atoms with E-state index in [-0.39, 0.29) is 5.92 Å². The Morgan fingerprint density at radius 1 is 1.52 bits per heavy atom. The van der Waals surface area contributed by atoms with Crippen molar-refractivity contribution < 1.29 is 4.79 Å². The molecule has 3 aliphatic rings. The smallest absolute Gasteiger partial charge is 0.223 e.